The number of sulfone groups is 1. The predicted molar refractivity (Wildman–Crippen MR) is 132 cm³/mol. The Morgan fingerprint density at radius 3 is 2.73 bits per heavy atom. The Hall–Kier alpha value is -1.81. The zero-order valence-corrected chi connectivity index (χ0v) is 21.9. The number of aryl methyl sites for hydroxylation is 1. The molecule has 2 heterocycles. The summed E-state index contributed by atoms with van der Waals surface area (Å²) >= 11 is 10.4. The molecule has 1 amide bonds. The Kier molecular flexibility index (Phi) is 6.70. The van der Waals surface area contributed by atoms with Crippen LogP contribution in [0.4, 0.5) is 4.39 Å². The first-order valence-corrected chi connectivity index (χ1v) is 13.8. The molecule has 174 valence electrons. The molecule has 0 N–H and O–H groups in total. The number of amides is 1. The molecule has 0 bridgehead atoms. The molecule has 0 spiro atoms. The molecule has 0 aliphatic carbocycles. The summed E-state index contributed by atoms with van der Waals surface area (Å²) in [5, 5.41) is -2.58. The first-order valence-electron chi connectivity index (χ1n) is 10.2. The van der Waals surface area contributed by atoms with Gasteiger partial charge in [-0.05, 0) is 52.2 Å². The molecule has 10 heteroatoms. The second-order valence-corrected chi connectivity index (χ2v) is 12.7. The maximum Gasteiger partial charge on any atom is 0.278 e. The molecule has 2 atom stereocenters. The largest absolute Gasteiger partial charge is 0.333 e. The maximum atomic E-state index is 16.2. The highest BCUT2D eigenvalue weighted by Crippen LogP contribution is 2.41. The fourth-order valence-electron chi connectivity index (χ4n) is 3.89. The number of hydrogen-bond donors (Lipinski definition) is 0. The molecule has 1 aromatic heterocycles. The summed E-state index contributed by atoms with van der Waals surface area (Å²) in [6.45, 7) is 3.26. The van der Waals surface area contributed by atoms with E-state index < -0.39 is 33.0 Å². The topological polar surface area (TPSA) is 67.3 Å². The lowest BCUT2D eigenvalue weighted by Gasteiger charge is -2.35. The molecular formula is C23H21BrClFN2O3S2. The van der Waals surface area contributed by atoms with E-state index in [1.54, 1.807) is 12.1 Å². The van der Waals surface area contributed by atoms with Crippen LogP contribution >= 0.6 is 38.9 Å². The molecule has 5 nitrogen and oxygen atoms in total. The molecule has 1 aliphatic heterocycles. The fourth-order valence-corrected chi connectivity index (χ4v) is 7.23. The van der Waals surface area contributed by atoms with Crippen molar-refractivity contribution >= 4 is 54.6 Å². The van der Waals surface area contributed by atoms with Crippen molar-refractivity contribution in [3.05, 3.63) is 84.7 Å². The Morgan fingerprint density at radius 2 is 2.03 bits per heavy atom. The molecule has 0 unspecified atom stereocenters. The van der Waals surface area contributed by atoms with Crippen molar-refractivity contribution in [3.8, 4) is 0 Å². The second kappa shape index (κ2) is 9.09. The van der Waals surface area contributed by atoms with E-state index in [1.165, 1.54) is 17.2 Å². The van der Waals surface area contributed by atoms with Crippen LogP contribution in [0.15, 0.2) is 53.1 Å². The number of halogens is 3. The third-order valence-electron chi connectivity index (χ3n) is 5.90. The average Bonchev–Trinajstić information content (AvgIpc) is 3.28. The molecule has 1 fully saturated rings. The number of aromatic nitrogens is 1. The number of benzene rings is 2. The standard InChI is InChI=1S/C23H21BrClFN2O3S2/c1-14-5-3-4-6-17(14)15(2)20-12-27-22(32-20)23(26)13-28(9-10-33(23,30)31)21(29)16-7-8-18(24)19(25)11-16/h3-8,11-12,15H,9-10,13H2,1-2H3/t15-,23-/m1/s1. The first-order chi connectivity index (χ1) is 15.5. The van der Waals surface area contributed by atoms with Crippen LogP contribution in [0.3, 0.4) is 0 Å². The van der Waals surface area contributed by atoms with Gasteiger partial charge in [-0.25, -0.2) is 17.8 Å². The van der Waals surface area contributed by atoms with Crippen molar-refractivity contribution in [2.75, 3.05) is 18.8 Å². The Balaban J connectivity index is 1.65. The van der Waals surface area contributed by atoms with Crippen molar-refractivity contribution in [2.24, 2.45) is 0 Å². The average molecular weight is 572 g/mol. The van der Waals surface area contributed by atoms with Crippen LogP contribution in [0.5, 0.6) is 0 Å². The Labute approximate surface area is 209 Å². The van der Waals surface area contributed by atoms with E-state index in [0.717, 1.165) is 27.3 Å². The van der Waals surface area contributed by atoms with Crippen LogP contribution in [-0.2, 0) is 14.8 Å². The molecule has 1 saturated heterocycles. The van der Waals surface area contributed by atoms with Gasteiger partial charge in [0.2, 0.25) is 0 Å². The molecular weight excluding hydrogens is 551 g/mol. The summed E-state index contributed by atoms with van der Waals surface area (Å²) in [5.41, 5.74) is 2.42. The van der Waals surface area contributed by atoms with Crippen LogP contribution in [0, 0.1) is 6.92 Å². The van der Waals surface area contributed by atoms with Crippen LogP contribution < -0.4 is 0 Å². The normalized spacial score (nSPS) is 21.1. The summed E-state index contributed by atoms with van der Waals surface area (Å²) in [6.07, 6.45) is 1.53. The van der Waals surface area contributed by atoms with Crippen LogP contribution in [-0.4, -0.2) is 43.1 Å². The molecule has 0 radical (unpaired) electrons. The molecule has 0 saturated carbocycles. The van der Waals surface area contributed by atoms with E-state index in [0.29, 0.717) is 9.50 Å². The quantitative estimate of drug-likeness (QED) is 0.402. The summed E-state index contributed by atoms with van der Waals surface area (Å²) in [4.78, 5) is 19.2. The number of hydrogen-bond acceptors (Lipinski definition) is 5. The SMILES string of the molecule is Cc1ccccc1[C@@H](C)c1cnc([C@@]2(F)CN(C(=O)c3ccc(Br)c(Cl)c3)CCS2(=O)=O)s1. The van der Waals surface area contributed by atoms with Gasteiger partial charge in [0.15, 0.2) is 9.84 Å². The number of carbonyl (C=O) groups excluding carboxylic acids is 1. The third-order valence-corrected chi connectivity index (χ3v) is 10.6. The van der Waals surface area contributed by atoms with Gasteiger partial charge in [0.05, 0.1) is 17.3 Å². The lowest BCUT2D eigenvalue weighted by atomic mass is 9.96. The molecule has 1 aliphatic rings. The highest BCUT2D eigenvalue weighted by atomic mass is 79.9. The van der Waals surface area contributed by atoms with Crippen molar-refractivity contribution in [2.45, 2.75) is 24.8 Å². The maximum absolute atomic E-state index is 16.2. The van der Waals surface area contributed by atoms with E-state index in [1.807, 2.05) is 38.1 Å². The van der Waals surface area contributed by atoms with E-state index >= 15 is 4.39 Å². The summed E-state index contributed by atoms with van der Waals surface area (Å²) in [5.74, 6) is -1.04. The molecule has 33 heavy (non-hydrogen) atoms. The van der Waals surface area contributed by atoms with Crippen molar-refractivity contribution in [1.82, 2.24) is 9.88 Å². The predicted octanol–water partition coefficient (Wildman–Crippen LogP) is 5.71. The van der Waals surface area contributed by atoms with Crippen molar-refractivity contribution < 1.29 is 17.6 Å². The Bertz CT molecular complexity index is 1330. The monoisotopic (exact) mass is 570 g/mol. The van der Waals surface area contributed by atoms with E-state index in [9.17, 15) is 13.2 Å². The number of alkyl halides is 1. The lowest BCUT2D eigenvalue weighted by Crippen LogP contribution is -2.53. The highest BCUT2D eigenvalue weighted by Gasteiger charge is 2.53. The zero-order valence-electron chi connectivity index (χ0n) is 17.9. The molecule has 2 aromatic carbocycles. The van der Waals surface area contributed by atoms with E-state index in [4.69, 9.17) is 11.6 Å². The number of carbonyl (C=O) groups is 1. The first kappa shape index (κ1) is 24.3. The third kappa shape index (κ3) is 4.48. The summed E-state index contributed by atoms with van der Waals surface area (Å²) in [6, 6.07) is 12.5. The van der Waals surface area contributed by atoms with Gasteiger partial charge < -0.3 is 4.90 Å². The van der Waals surface area contributed by atoms with Gasteiger partial charge in [-0.2, -0.15) is 0 Å². The van der Waals surface area contributed by atoms with Gasteiger partial charge in [0, 0.05) is 33.6 Å². The summed E-state index contributed by atoms with van der Waals surface area (Å²) < 4.78 is 42.5. The highest BCUT2D eigenvalue weighted by molar-refractivity contribution is 9.10. The minimum Gasteiger partial charge on any atom is -0.333 e. The van der Waals surface area contributed by atoms with Gasteiger partial charge in [0.1, 0.15) is 5.01 Å². The van der Waals surface area contributed by atoms with Crippen molar-refractivity contribution in [1.29, 1.82) is 0 Å². The van der Waals surface area contributed by atoms with Crippen LogP contribution in [0.1, 0.15) is 44.2 Å². The molecule has 3 aromatic rings. The van der Waals surface area contributed by atoms with E-state index in [2.05, 4.69) is 20.9 Å². The van der Waals surface area contributed by atoms with Gasteiger partial charge in [-0.1, -0.05) is 42.8 Å². The fraction of sp³-hybridized carbons (Fsp3) is 0.304. The minimum absolute atomic E-state index is 0.0741. The number of thiazole rings is 1. The zero-order chi connectivity index (χ0) is 24.0. The number of rotatable bonds is 4. The van der Waals surface area contributed by atoms with E-state index in [-0.39, 0.29) is 23.0 Å². The molecule has 4 rings (SSSR count). The van der Waals surface area contributed by atoms with Gasteiger partial charge in [0.25, 0.3) is 10.9 Å². The lowest BCUT2D eigenvalue weighted by molar-refractivity contribution is 0.0666. The summed E-state index contributed by atoms with van der Waals surface area (Å²) in [7, 11) is -4.17. The van der Waals surface area contributed by atoms with Gasteiger partial charge >= 0.3 is 0 Å². The Morgan fingerprint density at radius 1 is 1.30 bits per heavy atom. The van der Waals surface area contributed by atoms with Gasteiger partial charge in [-0.15, -0.1) is 11.3 Å². The minimum atomic E-state index is -4.17. The smallest absolute Gasteiger partial charge is 0.278 e. The van der Waals surface area contributed by atoms with Crippen LogP contribution in [0.25, 0.3) is 0 Å². The second-order valence-electron chi connectivity index (χ2n) is 8.05. The van der Waals surface area contributed by atoms with Crippen molar-refractivity contribution in [3.63, 3.8) is 0 Å². The number of nitrogens with zero attached hydrogens (tertiary/aromatic N) is 2. The van der Waals surface area contributed by atoms with Crippen LogP contribution in [0.2, 0.25) is 5.02 Å². The van der Waals surface area contributed by atoms with Gasteiger partial charge in [-0.3, -0.25) is 4.79 Å².